The normalized spacial score (nSPS) is 12.2. The van der Waals surface area contributed by atoms with Crippen LogP contribution in [0.15, 0.2) is 18.2 Å². The molecular formula is C21H16F2I3N3O11S. The van der Waals surface area contributed by atoms with Crippen molar-refractivity contribution in [2.75, 3.05) is 10.6 Å². The Hall–Kier alpha value is -2.32. The first-order chi connectivity index (χ1) is 18.7. The van der Waals surface area contributed by atoms with Gasteiger partial charge in [-0.25, -0.2) is 9.59 Å². The summed E-state index contributed by atoms with van der Waals surface area (Å²) in [5, 5.41) is 11.6. The van der Waals surface area contributed by atoms with E-state index in [9.17, 15) is 46.5 Å². The van der Waals surface area contributed by atoms with Crippen LogP contribution >= 0.6 is 67.8 Å². The zero-order valence-corrected chi connectivity index (χ0v) is 27.9. The molecule has 0 spiro atoms. The molecule has 222 valence electrons. The molecule has 0 saturated carbocycles. The van der Waals surface area contributed by atoms with Gasteiger partial charge in [0.1, 0.15) is 11.3 Å². The monoisotopic (exact) mass is 937 g/mol. The zero-order chi connectivity index (χ0) is 31.6. The molecule has 2 amide bonds. The highest BCUT2D eigenvalue weighted by molar-refractivity contribution is 14.1. The predicted molar refractivity (Wildman–Crippen MR) is 163 cm³/mol. The second-order valence-corrected chi connectivity index (χ2v) is 12.6. The topological polar surface area (TPSA) is 208 Å². The number of carbonyl (C=O) groups excluding carboxylic acids is 4. The predicted octanol–water partition coefficient (Wildman–Crippen LogP) is 4.57. The van der Waals surface area contributed by atoms with Crippen LogP contribution in [0.3, 0.4) is 0 Å². The standard InChI is InChI=1S/C21H16F2I3N3O11S/c1-7(21(22,23)41(36,37)38)39-19(32)11-6-10(4-5-12(11)29(34)35)40-20(33)13-14(24)17(27-8(2)30)16(26)18(15(13)25)28-9(3)31/h4-7H,1-3H3,(H,27,30)(H,28,31)(H,36,37,38). The lowest BCUT2D eigenvalue weighted by Gasteiger charge is -2.21. The third-order valence-corrected chi connectivity index (χ3v) is 9.08. The fourth-order valence-electron chi connectivity index (χ4n) is 2.98. The van der Waals surface area contributed by atoms with Gasteiger partial charge in [-0.05, 0) is 80.8 Å². The molecule has 0 aliphatic carbocycles. The summed E-state index contributed by atoms with van der Waals surface area (Å²) in [7, 11) is -6.01. The van der Waals surface area contributed by atoms with E-state index in [0.29, 0.717) is 22.6 Å². The first kappa shape index (κ1) is 34.9. The van der Waals surface area contributed by atoms with Crippen LogP contribution in [0.25, 0.3) is 0 Å². The summed E-state index contributed by atoms with van der Waals surface area (Å²) in [4.78, 5) is 59.7. The van der Waals surface area contributed by atoms with Gasteiger partial charge in [0.2, 0.25) is 11.8 Å². The number of nitro groups is 1. The number of nitro benzene ring substituents is 1. The third-order valence-electron chi connectivity index (χ3n) is 4.82. The van der Waals surface area contributed by atoms with Crippen LogP contribution in [0.2, 0.25) is 0 Å². The van der Waals surface area contributed by atoms with E-state index in [0.717, 1.165) is 6.07 Å². The minimum Gasteiger partial charge on any atom is -0.451 e. The number of hydrogen-bond acceptors (Lipinski definition) is 10. The number of amides is 2. The minimum absolute atomic E-state index is 0.150. The van der Waals surface area contributed by atoms with Crippen molar-refractivity contribution in [2.24, 2.45) is 0 Å². The SMILES string of the molecule is CC(=O)Nc1c(I)c(NC(C)=O)c(I)c(C(=O)Oc2ccc([N+](=O)[O-])c(C(=O)OC(C)C(F)(F)S(=O)(=O)O)c2)c1I. The van der Waals surface area contributed by atoms with E-state index in [2.05, 4.69) is 15.4 Å². The van der Waals surface area contributed by atoms with Crippen molar-refractivity contribution >= 4 is 119 Å². The fourth-order valence-corrected chi connectivity index (χ4v) is 7.59. The fraction of sp³-hybridized carbons (Fsp3) is 0.238. The highest BCUT2D eigenvalue weighted by atomic mass is 127. The van der Waals surface area contributed by atoms with Crippen LogP contribution in [0.5, 0.6) is 5.75 Å². The summed E-state index contributed by atoms with van der Waals surface area (Å²) >= 11 is 5.35. The van der Waals surface area contributed by atoms with Gasteiger partial charge in [-0.15, -0.1) is 0 Å². The molecule has 0 heterocycles. The van der Waals surface area contributed by atoms with Crippen molar-refractivity contribution in [3.8, 4) is 5.75 Å². The molecule has 0 saturated heterocycles. The van der Waals surface area contributed by atoms with Gasteiger partial charge in [-0.3, -0.25) is 24.3 Å². The molecule has 14 nitrogen and oxygen atoms in total. The molecule has 2 aromatic rings. The van der Waals surface area contributed by atoms with Gasteiger partial charge < -0.3 is 20.1 Å². The van der Waals surface area contributed by atoms with Gasteiger partial charge in [0.15, 0.2) is 6.10 Å². The molecule has 1 atom stereocenters. The number of hydrogen-bond donors (Lipinski definition) is 3. The summed E-state index contributed by atoms with van der Waals surface area (Å²) < 4.78 is 68.7. The van der Waals surface area contributed by atoms with Crippen molar-refractivity contribution < 1.29 is 55.3 Å². The van der Waals surface area contributed by atoms with Gasteiger partial charge in [-0.1, -0.05) is 0 Å². The number of alkyl halides is 2. The van der Waals surface area contributed by atoms with E-state index in [1.165, 1.54) is 13.8 Å². The van der Waals surface area contributed by atoms with Crippen molar-refractivity contribution in [3.05, 3.63) is 50.2 Å². The Morgan fingerprint density at radius 1 is 1.00 bits per heavy atom. The second kappa shape index (κ2) is 13.3. The summed E-state index contributed by atoms with van der Waals surface area (Å²) in [6.07, 6.45) is -2.77. The van der Waals surface area contributed by atoms with E-state index in [1.54, 1.807) is 45.2 Å². The number of rotatable bonds is 9. The summed E-state index contributed by atoms with van der Waals surface area (Å²) in [6, 6.07) is 2.26. The Kier molecular flexibility index (Phi) is 11.3. The van der Waals surface area contributed by atoms with Gasteiger partial charge in [-0.2, -0.15) is 17.2 Å². The maximum absolute atomic E-state index is 13.9. The van der Waals surface area contributed by atoms with Crippen LogP contribution in [0.1, 0.15) is 41.5 Å². The summed E-state index contributed by atoms with van der Waals surface area (Å²) in [5.74, 6) is -4.38. The molecule has 0 bridgehead atoms. The maximum Gasteiger partial charge on any atom is 0.405 e. The first-order valence-corrected chi connectivity index (χ1v) is 15.2. The van der Waals surface area contributed by atoms with Crippen LogP contribution < -0.4 is 15.4 Å². The molecule has 0 aromatic heterocycles. The quantitative estimate of drug-likeness (QED) is 0.0793. The lowest BCUT2D eigenvalue weighted by molar-refractivity contribution is -0.385. The van der Waals surface area contributed by atoms with Crippen molar-refractivity contribution in [1.82, 2.24) is 0 Å². The van der Waals surface area contributed by atoms with E-state index in [-0.39, 0.29) is 24.1 Å². The number of nitrogens with one attached hydrogen (secondary N) is 2. The molecule has 2 rings (SSSR count). The lowest BCUT2D eigenvalue weighted by Crippen LogP contribution is -2.42. The van der Waals surface area contributed by atoms with Crippen molar-refractivity contribution in [3.63, 3.8) is 0 Å². The van der Waals surface area contributed by atoms with Crippen molar-refractivity contribution in [2.45, 2.75) is 32.1 Å². The van der Waals surface area contributed by atoms with Gasteiger partial charge in [0, 0.05) is 26.0 Å². The molecule has 3 N–H and O–H groups in total. The van der Waals surface area contributed by atoms with E-state index < -0.39 is 67.2 Å². The van der Waals surface area contributed by atoms with Crippen LogP contribution in [-0.2, 0) is 24.4 Å². The van der Waals surface area contributed by atoms with Crippen LogP contribution in [0.4, 0.5) is 25.8 Å². The molecule has 0 aliphatic rings. The Morgan fingerprint density at radius 2 is 1.49 bits per heavy atom. The number of esters is 2. The largest absolute Gasteiger partial charge is 0.451 e. The minimum atomic E-state index is -6.01. The molecule has 1 unspecified atom stereocenters. The Balaban J connectivity index is 2.58. The average molecular weight is 937 g/mol. The second-order valence-electron chi connectivity index (χ2n) is 7.84. The number of ether oxygens (including phenoxy) is 2. The molecular weight excluding hydrogens is 921 g/mol. The number of carbonyl (C=O) groups is 4. The molecule has 0 radical (unpaired) electrons. The number of anilines is 2. The van der Waals surface area contributed by atoms with Gasteiger partial charge in [0.05, 0.1) is 32.6 Å². The Bertz CT molecular complexity index is 1540. The van der Waals surface area contributed by atoms with Crippen LogP contribution in [-0.4, -0.2) is 53.0 Å². The number of nitrogens with zero attached hydrogens (tertiary/aromatic N) is 1. The molecule has 0 fully saturated rings. The van der Waals surface area contributed by atoms with E-state index in [4.69, 9.17) is 9.29 Å². The summed E-state index contributed by atoms with van der Waals surface area (Å²) in [5.41, 5.74) is -1.77. The highest BCUT2D eigenvalue weighted by Crippen LogP contribution is 2.39. The molecule has 20 heteroatoms. The molecule has 41 heavy (non-hydrogen) atoms. The number of benzene rings is 2. The highest BCUT2D eigenvalue weighted by Gasteiger charge is 2.52. The lowest BCUT2D eigenvalue weighted by atomic mass is 10.1. The zero-order valence-electron chi connectivity index (χ0n) is 20.6. The van der Waals surface area contributed by atoms with Crippen molar-refractivity contribution in [1.29, 1.82) is 0 Å². The van der Waals surface area contributed by atoms with Gasteiger partial charge in [0.25, 0.3) is 5.69 Å². The smallest absolute Gasteiger partial charge is 0.405 e. The summed E-state index contributed by atoms with van der Waals surface area (Å²) in [6.45, 7) is 2.86. The number of halogens is 5. The van der Waals surface area contributed by atoms with Crippen LogP contribution in [0, 0.1) is 20.8 Å². The Morgan fingerprint density at radius 3 is 1.90 bits per heavy atom. The van der Waals surface area contributed by atoms with Gasteiger partial charge >= 0.3 is 27.3 Å². The maximum atomic E-state index is 13.9. The molecule has 0 aliphatic heterocycles. The Labute approximate surface area is 270 Å². The average Bonchev–Trinajstić information content (AvgIpc) is 2.83. The third kappa shape index (κ3) is 7.95. The first-order valence-electron chi connectivity index (χ1n) is 10.5. The van der Waals surface area contributed by atoms with E-state index >= 15 is 0 Å². The van der Waals surface area contributed by atoms with E-state index in [1.807, 2.05) is 22.6 Å². The molecule has 2 aromatic carbocycles.